The van der Waals surface area contributed by atoms with Crippen LogP contribution in [-0.4, -0.2) is 54.7 Å². The van der Waals surface area contributed by atoms with Gasteiger partial charge < -0.3 is 27.0 Å². The minimum Gasteiger partial charge on any atom is -0.398 e. The van der Waals surface area contributed by atoms with Gasteiger partial charge in [-0.1, -0.05) is 13.8 Å². The first kappa shape index (κ1) is 30.3. The number of nitrogens with one attached hydrogen (secondary N) is 4. The molecule has 3 amide bonds. The molecule has 0 radical (unpaired) electrons. The molecule has 1 aliphatic rings. The van der Waals surface area contributed by atoms with Crippen LogP contribution >= 0.6 is 11.8 Å². The fourth-order valence-electron chi connectivity index (χ4n) is 4.56. The molecule has 3 unspecified atom stereocenters. The van der Waals surface area contributed by atoms with Gasteiger partial charge in [-0.3, -0.25) is 14.4 Å². The number of amides is 3. The maximum absolute atomic E-state index is 13.0. The van der Waals surface area contributed by atoms with E-state index in [1.165, 1.54) is 0 Å². The Kier molecular flexibility index (Phi) is 10.3. The summed E-state index contributed by atoms with van der Waals surface area (Å²) < 4.78 is 39.1. The van der Waals surface area contributed by atoms with Gasteiger partial charge in [0.1, 0.15) is 0 Å². The molecule has 39 heavy (non-hydrogen) atoms. The highest BCUT2D eigenvalue weighted by atomic mass is 32.2. The van der Waals surface area contributed by atoms with Crippen LogP contribution in [0.25, 0.3) is 0 Å². The summed E-state index contributed by atoms with van der Waals surface area (Å²) in [5.74, 6) is -1.68. The van der Waals surface area contributed by atoms with Crippen molar-refractivity contribution in [2.45, 2.75) is 68.3 Å². The fraction of sp³-hybridized carbons (Fsp3) is 0.444. The Morgan fingerprint density at radius 3 is 2.31 bits per heavy atom. The highest BCUT2D eigenvalue weighted by Crippen LogP contribution is 2.31. The van der Waals surface area contributed by atoms with Crippen LogP contribution in [0.1, 0.15) is 59.4 Å². The number of halogens is 3. The van der Waals surface area contributed by atoms with E-state index in [9.17, 15) is 27.6 Å². The normalized spacial score (nSPS) is 19.4. The Morgan fingerprint density at radius 1 is 1.00 bits per heavy atom. The summed E-state index contributed by atoms with van der Waals surface area (Å²) in [7, 11) is 0. The van der Waals surface area contributed by atoms with E-state index < -0.39 is 36.1 Å². The zero-order valence-electron chi connectivity index (χ0n) is 22.0. The summed E-state index contributed by atoms with van der Waals surface area (Å²) in [5, 5.41) is 11.7. The van der Waals surface area contributed by atoms with Gasteiger partial charge in [-0.15, -0.1) is 11.8 Å². The first-order chi connectivity index (χ1) is 18.4. The van der Waals surface area contributed by atoms with Gasteiger partial charge in [0.25, 0.3) is 11.8 Å². The van der Waals surface area contributed by atoms with Crippen LogP contribution < -0.4 is 27.0 Å². The number of nitrogens with two attached hydrogens (primary N) is 1. The van der Waals surface area contributed by atoms with Crippen LogP contribution in [0, 0.1) is 0 Å². The number of anilines is 1. The lowest BCUT2D eigenvalue weighted by molar-refractivity contribution is -0.137. The summed E-state index contributed by atoms with van der Waals surface area (Å²) in [6.45, 7) is 3.58. The number of benzene rings is 2. The topological polar surface area (TPSA) is 125 Å². The monoisotopic (exact) mass is 565 g/mol. The third-order valence-corrected chi connectivity index (χ3v) is 7.21. The summed E-state index contributed by atoms with van der Waals surface area (Å²) in [4.78, 5) is 39.2. The molecule has 3 atom stereocenters. The van der Waals surface area contributed by atoms with Gasteiger partial charge in [0.05, 0.1) is 23.7 Å². The number of carbonyl (C=O) groups excluding carboxylic acids is 3. The Morgan fingerprint density at radius 2 is 1.69 bits per heavy atom. The summed E-state index contributed by atoms with van der Waals surface area (Å²) in [5.41, 5.74) is 4.69. The zero-order valence-corrected chi connectivity index (χ0v) is 22.8. The second-order valence-corrected chi connectivity index (χ2v) is 10.7. The van der Waals surface area contributed by atoms with E-state index >= 15 is 0 Å². The molecular weight excluding hydrogens is 531 g/mol. The SMILES string of the molecule is CSc1ccc(C(=O)NC2CCC(NC(C)C)CC2NC(=O)CNC(=O)c2cc(C(F)(F)F)ccc2N)cc1. The van der Waals surface area contributed by atoms with Gasteiger partial charge >= 0.3 is 6.18 Å². The van der Waals surface area contributed by atoms with Gasteiger partial charge in [0.2, 0.25) is 5.91 Å². The number of carbonyl (C=O) groups is 3. The molecule has 3 rings (SSSR count). The maximum Gasteiger partial charge on any atom is 0.416 e. The summed E-state index contributed by atoms with van der Waals surface area (Å²) >= 11 is 1.57. The van der Waals surface area contributed by atoms with Crippen LogP contribution in [0.2, 0.25) is 0 Å². The number of rotatable bonds is 9. The molecule has 1 saturated carbocycles. The minimum absolute atomic E-state index is 0.115. The molecule has 2 aromatic rings. The Labute approximate surface area is 230 Å². The van der Waals surface area contributed by atoms with Crippen molar-refractivity contribution >= 4 is 35.2 Å². The van der Waals surface area contributed by atoms with Crippen molar-refractivity contribution in [3.63, 3.8) is 0 Å². The molecular formula is C27H34F3N5O3S. The van der Waals surface area contributed by atoms with Crippen molar-refractivity contribution < 1.29 is 27.6 Å². The average Bonchev–Trinajstić information content (AvgIpc) is 2.88. The van der Waals surface area contributed by atoms with Crippen LogP contribution in [-0.2, 0) is 11.0 Å². The van der Waals surface area contributed by atoms with Crippen LogP contribution in [0.15, 0.2) is 47.4 Å². The lowest BCUT2D eigenvalue weighted by atomic mass is 9.86. The van der Waals surface area contributed by atoms with Crippen molar-refractivity contribution in [2.24, 2.45) is 0 Å². The van der Waals surface area contributed by atoms with Gasteiger partial charge in [-0.05, 0) is 68.0 Å². The van der Waals surface area contributed by atoms with Crippen LogP contribution in [0.3, 0.4) is 0 Å². The molecule has 0 bridgehead atoms. The molecule has 212 valence electrons. The number of thioether (sulfide) groups is 1. The predicted octanol–water partition coefficient (Wildman–Crippen LogP) is 3.57. The minimum atomic E-state index is -4.64. The third kappa shape index (κ3) is 8.62. The van der Waals surface area contributed by atoms with E-state index in [1.54, 1.807) is 23.9 Å². The van der Waals surface area contributed by atoms with Crippen LogP contribution in [0.4, 0.5) is 18.9 Å². The average molecular weight is 566 g/mol. The maximum atomic E-state index is 13.0. The van der Waals surface area contributed by atoms with Crippen molar-refractivity contribution in [1.29, 1.82) is 0 Å². The molecule has 0 saturated heterocycles. The van der Waals surface area contributed by atoms with E-state index in [4.69, 9.17) is 5.73 Å². The second-order valence-electron chi connectivity index (χ2n) is 9.80. The van der Waals surface area contributed by atoms with Crippen molar-refractivity contribution in [2.75, 3.05) is 18.5 Å². The zero-order chi connectivity index (χ0) is 28.7. The lowest BCUT2D eigenvalue weighted by Gasteiger charge is -2.38. The Balaban J connectivity index is 1.65. The smallest absolute Gasteiger partial charge is 0.398 e. The largest absolute Gasteiger partial charge is 0.416 e. The summed E-state index contributed by atoms with van der Waals surface area (Å²) in [6.07, 6.45) is -0.723. The standard InChI is InChI=1S/C27H34F3N5O3S/c1-15(2)33-18-7-11-22(35-25(37)16-4-8-19(39-3)9-5-16)23(13-18)34-24(36)14-32-26(38)20-12-17(27(28,29)30)6-10-21(20)31/h4-6,8-10,12,15,18,22-23,33H,7,11,13-14,31H2,1-3H3,(H,32,38)(H,34,36)(H,35,37). The Bertz CT molecular complexity index is 1170. The number of hydrogen-bond donors (Lipinski definition) is 5. The second kappa shape index (κ2) is 13.2. The number of alkyl halides is 3. The molecule has 0 heterocycles. The molecule has 8 nitrogen and oxygen atoms in total. The number of hydrogen-bond acceptors (Lipinski definition) is 6. The van der Waals surface area contributed by atoms with Crippen LogP contribution in [0.5, 0.6) is 0 Å². The lowest BCUT2D eigenvalue weighted by Crippen LogP contribution is -2.58. The number of nitrogen functional groups attached to an aromatic ring is 1. The fourth-order valence-corrected chi connectivity index (χ4v) is 4.97. The van der Waals surface area contributed by atoms with E-state index in [0.717, 1.165) is 23.4 Å². The van der Waals surface area contributed by atoms with E-state index in [0.29, 0.717) is 24.5 Å². The predicted molar refractivity (Wildman–Crippen MR) is 146 cm³/mol. The van der Waals surface area contributed by atoms with Crippen molar-refractivity contribution in [3.8, 4) is 0 Å². The third-order valence-electron chi connectivity index (χ3n) is 6.47. The molecule has 12 heteroatoms. The van der Waals surface area contributed by atoms with Crippen molar-refractivity contribution in [3.05, 3.63) is 59.2 Å². The van der Waals surface area contributed by atoms with Gasteiger partial charge in [0, 0.05) is 34.3 Å². The first-order valence-corrected chi connectivity index (χ1v) is 13.8. The van der Waals surface area contributed by atoms with E-state index in [-0.39, 0.29) is 35.3 Å². The van der Waals surface area contributed by atoms with E-state index in [1.807, 2.05) is 32.2 Å². The van der Waals surface area contributed by atoms with Gasteiger partial charge in [0.15, 0.2) is 0 Å². The van der Waals surface area contributed by atoms with Crippen molar-refractivity contribution in [1.82, 2.24) is 21.3 Å². The van der Waals surface area contributed by atoms with Gasteiger partial charge in [-0.2, -0.15) is 13.2 Å². The molecule has 0 aliphatic heterocycles. The highest BCUT2D eigenvalue weighted by Gasteiger charge is 2.34. The van der Waals surface area contributed by atoms with E-state index in [2.05, 4.69) is 21.3 Å². The summed E-state index contributed by atoms with van der Waals surface area (Å²) in [6, 6.07) is 9.24. The molecule has 1 aliphatic carbocycles. The molecule has 6 N–H and O–H groups in total. The molecule has 0 aromatic heterocycles. The molecule has 1 fully saturated rings. The molecule has 2 aromatic carbocycles. The quantitative estimate of drug-likeness (QED) is 0.234. The van der Waals surface area contributed by atoms with Gasteiger partial charge in [-0.25, -0.2) is 0 Å². The first-order valence-electron chi connectivity index (χ1n) is 12.6. The highest BCUT2D eigenvalue weighted by molar-refractivity contribution is 7.98. The molecule has 0 spiro atoms. The Hall–Kier alpha value is -3.25.